The summed E-state index contributed by atoms with van der Waals surface area (Å²) >= 11 is 0. The molecule has 0 rings (SSSR count). The molecule has 2 N–H and O–H groups in total. The van der Waals surface area contributed by atoms with Gasteiger partial charge in [-0.1, -0.05) is 6.08 Å². The summed E-state index contributed by atoms with van der Waals surface area (Å²) in [5, 5.41) is 0. The van der Waals surface area contributed by atoms with Crippen LogP contribution in [0.15, 0.2) is 12.2 Å². The Morgan fingerprint density at radius 3 is 2.50 bits per heavy atom. The van der Waals surface area contributed by atoms with E-state index in [1.807, 2.05) is 20.2 Å². The van der Waals surface area contributed by atoms with E-state index >= 15 is 0 Å². The predicted molar refractivity (Wildman–Crippen MR) is 53.4 cm³/mol. The zero-order chi connectivity index (χ0) is 8.69. The number of primary amides is 1. The van der Waals surface area contributed by atoms with Crippen molar-refractivity contribution in [2.24, 2.45) is 5.73 Å². The van der Waals surface area contributed by atoms with Crippen LogP contribution in [0.1, 0.15) is 12.8 Å². The summed E-state index contributed by atoms with van der Waals surface area (Å²) in [6.07, 6.45) is 5.21. The zero-order valence-electron chi connectivity index (χ0n) is 7.62. The molecule has 12 heavy (non-hydrogen) atoms. The van der Waals surface area contributed by atoms with Gasteiger partial charge in [0.2, 0.25) is 5.91 Å². The molecular formula is C8H17ClN2O. The highest BCUT2D eigenvalue weighted by molar-refractivity contribution is 5.85. The van der Waals surface area contributed by atoms with Crippen molar-refractivity contribution in [1.82, 2.24) is 4.90 Å². The lowest BCUT2D eigenvalue weighted by Crippen LogP contribution is -2.12. The van der Waals surface area contributed by atoms with E-state index in [1.165, 1.54) is 6.08 Å². The smallest absolute Gasteiger partial charge is 0.241 e. The van der Waals surface area contributed by atoms with Gasteiger partial charge >= 0.3 is 0 Å². The van der Waals surface area contributed by atoms with E-state index in [-0.39, 0.29) is 18.3 Å². The van der Waals surface area contributed by atoms with Crippen LogP contribution in [0.2, 0.25) is 0 Å². The van der Waals surface area contributed by atoms with Gasteiger partial charge in [-0.25, -0.2) is 0 Å². The zero-order valence-corrected chi connectivity index (χ0v) is 8.43. The maximum atomic E-state index is 10.2. The predicted octanol–water partition coefficient (Wildman–Crippen LogP) is 0.791. The largest absolute Gasteiger partial charge is 0.366 e. The lowest BCUT2D eigenvalue weighted by Gasteiger charge is -2.06. The molecule has 3 nitrogen and oxygen atoms in total. The fourth-order valence-electron chi connectivity index (χ4n) is 0.725. The first-order valence-electron chi connectivity index (χ1n) is 3.73. The van der Waals surface area contributed by atoms with Crippen LogP contribution < -0.4 is 5.73 Å². The van der Waals surface area contributed by atoms with Crippen LogP contribution in [0.3, 0.4) is 0 Å². The minimum Gasteiger partial charge on any atom is -0.366 e. The summed E-state index contributed by atoms with van der Waals surface area (Å²) in [5.41, 5.74) is 4.90. The number of rotatable bonds is 5. The molecule has 0 spiro atoms. The number of allylic oxidation sites excluding steroid dienone is 1. The van der Waals surface area contributed by atoms with Gasteiger partial charge in [0.1, 0.15) is 0 Å². The Kier molecular flexibility index (Phi) is 9.99. The number of carbonyl (C=O) groups is 1. The van der Waals surface area contributed by atoms with Crippen LogP contribution in [0.4, 0.5) is 0 Å². The van der Waals surface area contributed by atoms with Gasteiger partial charge in [-0.2, -0.15) is 0 Å². The molecule has 0 atom stereocenters. The van der Waals surface area contributed by atoms with Crippen LogP contribution in [0, 0.1) is 0 Å². The second-order valence-electron chi connectivity index (χ2n) is 2.75. The van der Waals surface area contributed by atoms with Gasteiger partial charge in [-0.15, -0.1) is 12.4 Å². The third kappa shape index (κ3) is 12.2. The van der Waals surface area contributed by atoms with Crippen molar-refractivity contribution in [3.8, 4) is 0 Å². The van der Waals surface area contributed by atoms with Crippen molar-refractivity contribution in [3.05, 3.63) is 12.2 Å². The molecule has 4 heteroatoms. The highest BCUT2D eigenvalue weighted by Gasteiger charge is 1.87. The fraction of sp³-hybridized carbons (Fsp3) is 0.625. The molecule has 0 saturated heterocycles. The Labute approximate surface area is 80.0 Å². The van der Waals surface area contributed by atoms with Crippen LogP contribution in [0.25, 0.3) is 0 Å². The van der Waals surface area contributed by atoms with Gasteiger partial charge in [-0.05, 0) is 39.6 Å². The molecule has 0 aromatic carbocycles. The Balaban J connectivity index is 0. The van der Waals surface area contributed by atoms with Crippen LogP contribution in [-0.4, -0.2) is 31.4 Å². The second-order valence-corrected chi connectivity index (χ2v) is 2.75. The van der Waals surface area contributed by atoms with E-state index in [2.05, 4.69) is 4.90 Å². The number of amides is 1. The quantitative estimate of drug-likeness (QED) is 0.517. The Morgan fingerprint density at radius 2 is 2.08 bits per heavy atom. The Morgan fingerprint density at radius 1 is 1.50 bits per heavy atom. The minimum atomic E-state index is -0.366. The topological polar surface area (TPSA) is 46.3 Å². The maximum Gasteiger partial charge on any atom is 0.241 e. The van der Waals surface area contributed by atoms with Gasteiger partial charge in [-0.3, -0.25) is 4.79 Å². The highest BCUT2D eigenvalue weighted by atomic mass is 35.5. The third-order valence-corrected chi connectivity index (χ3v) is 1.26. The maximum absolute atomic E-state index is 10.2. The average molecular weight is 193 g/mol. The van der Waals surface area contributed by atoms with E-state index in [4.69, 9.17) is 5.73 Å². The molecule has 0 heterocycles. The summed E-state index contributed by atoms with van der Waals surface area (Å²) < 4.78 is 0. The van der Waals surface area contributed by atoms with Gasteiger partial charge in [0.05, 0.1) is 0 Å². The van der Waals surface area contributed by atoms with Crippen molar-refractivity contribution >= 4 is 18.3 Å². The van der Waals surface area contributed by atoms with E-state index in [0.717, 1.165) is 19.4 Å². The molecule has 0 unspecified atom stereocenters. The van der Waals surface area contributed by atoms with Gasteiger partial charge < -0.3 is 10.6 Å². The number of hydrogen-bond acceptors (Lipinski definition) is 2. The molecule has 0 aromatic rings. The molecule has 0 aliphatic rings. The van der Waals surface area contributed by atoms with E-state index in [9.17, 15) is 4.79 Å². The lowest BCUT2D eigenvalue weighted by atomic mass is 10.3. The molecule has 72 valence electrons. The summed E-state index contributed by atoms with van der Waals surface area (Å²) in [4.78, 5) is 12.3. The van der Waals surface area contributed by atoms with Gasteiger partial charge in [0.15, 0.2) is 0 Å². The first-order chi connectivity index (χ1) is 5.13. The normalized spacial score (nSPS) is 10.2. The first-order valence-corrected chi connectivity index (χ1v) is 3.73. The molecule has 0 aliphatic heterocycles. The van der Waals surface area contributed by atoms with Gasteiger partial charge in [0, 0.05) is 0 Å². The molecule has 0 aliphatic carbocycles. The van der Waals surface area contributed by atoms with Crippen molar-refractivity contribution in [2.45, 2.75) is 12.8 Å². The monoisotopic (exact) mass is 192 g/mol. The summed E-state index contributed by atoms with van der Waals surface area (Å²) in [6, 6.07) is 0. The van der Waals surface area contributed by atoms with Crippen LogP contribution in [0.5, 0.6) is 0 Å². The van der Waals surface area contributed by atoms with Crippen LogP contribution >= 0.6 is 12.4 Å². The number of halogens is 1. The third-order valence-electron chi connectivity index (χ3n) is 1.26. The van der Waals surface area contributed by atoms with Crippen LogP contribution in [-0.2, 0) is 4.79 Å². The number of nitrogens with two attached hydrogens (primary N) is 1. The summed E-state index contributed by atoms with van der Waals surface area (Å²) in [7, 11) is 4.05. The summed E-state index contributed by atoms with van der Waals surface area (Å²) in [5.74, 6) is -0.366. The molecule has 1 amide bonds. The second kappa shape index (κ2) is 8.56. The number of unbranched alkanes of at least 4 members (excludes halogenated alkanes) is 1. The van der Waals surface area contributed by atoms with E-state index in [0.29, 0.717) is 0 Å². The van der Waals surface area contributed by atoms with Crippen molar-refractivity contribution < 1.29 is 4.79 Å². The van der Waals surface area contributed by atoms with Crippen molar-refractivity contribution in [1.29, 1.82) is 0 Å². The molecule has 0 fully saturated rings. The molecule has 0 bridgehead atoms. The molecular weight excluding hydrogens is 176 g/mol. The fourth-order valence-corrected chi connectivity index (χ4v) is 0.725. The first kappa shape index (κ1) is 14.0. The average Bonchev–Trinajstić information content (AvgIpc) is 1.85. The minimum absolute atomic E-state index is 0. The van der Waals surface area contributed by atoms with Gasteiger partial charge in [0.25, 0.3) is 0 Å². The van der Waals surface area contributed by atoms with E-state index in [1.54, 1.807) is 0 Å². The Bertz CT molecular complexity index is 146. The standard InChI is InChI=1S/C8H16N2O.ClH/c1-10(2)7-5-3-4-6-8(9)11;/h4,6H,3,5,7H2,1-2H3,(H2,9,11);1H. The SMILES string of the molecule is CN(C)CCCC=CC(N)=O.Cl. The summed E-state index contributed by atoms with van der Waals surface area (Å²) in [6.45, 7) is 1.04. The number of hydrogen-bond donors (Lipinski definition) is 1. The number of carbonyl (C=O) groups excluding carboxylic acids is 1. The molecule has 0 saturated carbocycles. The number of nitrogens with zero attached hydrogens (tertiary/aromatic N) is 1. The highest BCUT2D eigenvalue weighted by Crippen LogP contribution is 1.91. The Hall–Kier alpha value is -0.540. The van der Waals surface area contributed by atoms with E-state index < -0.39 is 0 Å². The van der Waals surface area contributed by atoms with Crippen molar-refractivity contribution in [3.63, 3.8) is 0 Å². The molecule has 0 radical (unpaired) electrons. The van der Waals surface area contributed by atoms with Crippen molar-refractivity contribution in [2.75, 3.05) is 20.6 Å². The lowest BCUT2D eigenvalue weighted by molar-refractivity contribution is -0.113. The molecule has 0 aromatic heterocycles.